The van der Waals surface area contributed by atoms with Gasteiger partial charge < -0.3 is 14.6 Å². The monoisotopic (exact) mass is 280 g/mol. The molecule has 1 N–H and O–H groups in total. The van der Waals surface area contributed by atoms with E-state index in [1.807, 2.05) is 17.7 Å². The fraction of sp³-hybridized carbons (Fsp3) is 0.417. The van der Waals surface area contributed by atoms with Gasteiger partial charge in [0.25, 0.3) is 0 Å². The largest absolute Gasteiger partial charge is 0.461 e. The first kappa shape index (κ1) is 13.5. The Labute approximate surface area is 115 Å². The van der Waals surface area contributed by atoms with E-state index in [0.29, 0.717) is 12.3 Å². The number of hydrogen-bond acceptors (Lipinski definition) is 6. The van der Waals surface area contributed by atoms with Gasteiger partial charge >= 0.3 is 5.97 Å². The maximum Gasteiger partial charge on any atom is 0.360 e. The number of nitrogens with zero attached hydrogens (tertiary/aromatic N) is 3. The molecule has 0 aliphatic carbocycles. The third kappa shape index (κ3) is 3.54. The lowest BCUT2D eigenvalue weighted by Gasteiger charge is -2.14. The van der Waals surface area contributed by atoms with Gasteiger partial charge in [-0.1, -0.05) is 0 Å². The number of hydrogen-bond donors (Lipinski definition) is 1. The van der Waals surface area contributed by atoms with Crippen molar-refractivity contribution in [2.24, 2.45) is 0 Å². The first-order valence-corrected chi connectivity index (χ1v) is 6.91. The van der Waals surface area contributed by atoms with Crippen LogP contribution in [0.15, 0.2) is 24.2 Å². The molecule has 0 amide bonds. The van der Waals surface area contributed by atoms with Crippen molar-refractivity contribution in [3.63, 3.8) is 0 Å². The number of rotatable bonds is 6. The number of imidazole rings is 1. The molecule has 0 spiro atoms. The Bertz CT molecular complexity index is 524. The van der Waals surface area contributed by atoms with Crippen LogP contribution in [-0.4, -0.2) is 33.2 Å². The molecule has 0 fully saturated rings. The minimum atomic E-state index is -0.388. The Morgan fingerprint density at radius 2 is 2.47 bits per heavy atom. The van der Waals surface area contributed by atoms with Crippen molar-refractivity contribution >= 4 is 22.3 Å². The van der Waals surface area contributed by atoms with Crippen LogP contribution < -0.4 is 5.32 Å². The van der Waals surface area contributed by atoms with Gasteiger partial charge in [0.1, 0.15) is 5.00 Å². The molecule has 0 saturated heterocycles. The highest BCUT2D eigenvalue weighted by Gasteiger charge is 2.17. The molecule has 2 aromatic rings. The normalized spacial score (nSPS) is 12.1. The molecule has 2 aromatic heterocycles. The highest BCUT2D eigenvalue weighted by Crippen LogP contribution is 2.22. The average molecular weight is 280 g/mol. The smallest absolute Gasteiger partial charge is 0.360 e. The van der Waals surface area contributed by atoms with Gasteiger partial charge in [0.2, 0.25) is 0 Å². The minimum absolute atomic E-state index is 0.155. The summed E-state index contributed by atoms with van der Waals surface area (Å²) in [6.45, 7) is 4.92. The molecule has 6 nitrogen and oxygen atoms in total. The van der Waals surface area contributed by atoms with Crippen molar-refractivity contribution in [2.75, 3.05) is 11.9 Å². The van der Waals surface area contributed by atoms with Gasteiger partial charge in [0, 0.05) is 25.0 Å². The standard InChI is InChI=1S/C12H16N4O2S/c1-3-18-12(17)10-11(19-8-14-10)15-9(2)6-16-5-4-13-7-16/h4-5,7-9,15H,3,6H2,1-2H3. The van der Waals surface area contributed by atoms with E-state index in [-0.39, 0.29) is 12.0 Å². The maximum absolute atomic E-state index is 11.7. The predicted molar refractivity (Wildman–Crippen MR) is 73.4 cm³/mol. The number of thiazole rings is 1. The molecule has 0 aromatic carbocycles. The number of ether oxygens (including phenoxy) is 1. The molecule has 2 heterocycles. The third-order valence-corrected chi connectivity index (χ3v) is 3.22. The second-order valence-electron chi connectivity index (χ2n) is 4.06. The van der Waals surface area contributed by atoms with E-state index < -0.39 is 0 Å². The van der Waals surface area contributed by atoms with Crippen LogP contribution >= 0.6 is 11.3 Å². The van der Waals surface area contributed by atoms with Crippen LogP contribution in [-0.2, 0) is 11.3 Å². The molecular weight excluding hydrogens is 264 g/mol. The quantitative estimate of drug-likeness (QED) is 0.820. The van der Waals surface area contributed by atoms with Gasteiger partial charge in [-0.15, -0.1) is 11.3 Å². The lowest BCUT2D eigenvalue weighted by molar-refractivity contribution is 0.0521. The van der Waals surface area contributed by atoms with Crippen LogP contribution in [0.2, 0.25) is 0 Å². The zero-order valence-corrected chi connectivity index (χ0v) is 11.7. The number of esters is 1. The Morgan fingerprint density at radius 1 is 1.63 bits per heavy atom. The molecule has 0 bridgehead atoms. The molecule has 1 unspecified atom stereocenters. The van der Waals surface area contributed by atoms with Crippen LogP contribution in [0.4, 0.5) is 5.00 Å². The van der Waals surface area contributed by atoms with Crippen LogP contribution in [0, 0.1) is 0 Å². The number of anilines is 1. The fourth-order valence-electron chi connectivity index (χ4n) is 1.67. The summed E-state index contributed by atoms with van der Waals surface area (Å²) in [7, 11) is 0. The lowest BCUT2D eigenvalue weighted by Crippen LogP contribution is -2.22. The SMILES string of the molecule is CCOC(=O)c1ncsc1NC(C)Cn1ccnc1. The summed E-state index contributed by atoms with van der Waals surface area (Å²) >= 11 is 1.40. The molecule has 7 heteroatoms. The van der Waals surface area contributed by atoms with Crippen molar-refractivity contribution in [1.82, 2.24) is 14.5 Å². The molecule has 2 rings (SSSR count). The van der Waals surface area contributed by atoms with Gasteiger partial charge in [-0.2, -0.15) is 0 Å². The molecule has 0 aliphatic rings. The Kier molecular flexibility index (Phi) is 4.51. The van der Waals surface area contributed by atoms with Crippen molar-refractivity contribution in [3.05, 3.63) is 29.9 Å². The lowest BCUT2D eigenvalue weighted by atomic mass is 10.3. The van der Waals surface area contributed by atoms with Gasteiger partial charge in [0.05, 0.1) is 18.4 Å². The number of carbonyl (C=O) groups is 1. The second kappa shape index (κ2) is 6.33. The molecule has 102 valence electrons. The van der Waals surface area contributed by atoms with Gasteiger partial charge in [-0.25, -0.2) is 14.8 Å². The van der Waals surface area contributed by atoms with Crippen LogP contribution in [0.1, 0.15) is 24.3 Å². The number of carbonyl (C=O) groups excluding carboxylic acids is 1. The van der Waals surface area contributed by atoms with E-state index in [4.69, 9.17) is 4.74 Å². The summed E-state index contributed by atoms with van der Waals surface area (Å²) in [5.74, 6) is -0.388. The molecule has 0 radical (unpaired) electrons. The molecule has 0 saturated carbocycles. The molecule has 1 atom stereocenters. The van der Waals surface area contributed by atoms with Crippen molar-refractivity contribution in [2.45, 2.75) is 26.4 Å². The van der Waals surface area contributed by atoms with E-state index >= 15 is 0 Å². The fourth-order valence-corrected chi connectivity index (χ4v) is 2.45. The average Bonchev–Trinajstić information content (AvgIpc) is 3.00. The summed E-state index contributed by atoms with van der Waals surface area (Å²) in [4.78, 5) is 19.7. The van der Waals surface area contributed by atoms with E-state index in [1.54, 1.807) is 25.0 Å². The van der Waals surface area contributed by atoms with Crippen LogP contribution in [0.3, 0.4) is 0 Å². The second-order valence-corrected chi connectivity index (χ2v) is 4.91. The highest BCUT2D eigenvalue weighted by molar-refractivity contribution is 7.14. The molecular formula is C12H16N4O2S. The number of aromatic nitrogens is 3. The molecule has 0 aliphatic heterocycles. The zero-order chi connectivity index (χ0) is 13.7. The first-order valence-electron chi connectivity index (χ1n) is 6.03. The maximum atomic E-state index is 11.7. The summed E-state index contributed by atoms with van der Waals surface area (Å²) in [6.07, 6.45) is 5.40. The summed E-state index contributed by atoms with van der Waals surface area (Å²) in [6, 6.07) is 0.155. The van der Waals surface area contributed by atoms with E-state index in [0.717, 1.165) is 11.5 Å². The summed E-state index contributed by atoms with van der Waals surface area (Å²) in [5.41, 5.74) is 1.99. The third-order valence-electron chi connectivity index (χ3n) is 2.46. The Hall–Kier alpha value is -1.89. The van der Waals surface area contributed by atoms with Gasteiger partial charge in [-0.05, 0) is 13.8 Å². The van der Waals surface area contributed by atoms with E-state index in [2.05, 4.69) is 15.3 Å². The van der Waals surface area contributed by atoms with Gasteiger partial charge in [0.15, 0.2) is 5.69 Å². The van der Waals surface area contributed by atoms with E-state index in [9.17, 15) is 4.79 Å². The number of nitrogens with one attached hydrogen (secondary N) is 1. The minimum Gasteiger partial charge on any atom is -0.461 e. The molecule has 19 heavy (non-hydrogen) atoms. The Morgan fingerprint density at radius 3 is 3.16 bits per heavy atom. The topological polar surface area (TPSA) is 69.0 Å². The van der Waals surface area contributed by atoms with Crippen molar-refractivity contribution in [1.29, 1.82) is 0 Å². The summed E-state index contributed by atoms with van der Waals surface area (Å²) in [5, 5.41) is 4.02. The van der Waals surface area contributed by atoms with Crippen LogP contribution in [0.25, 0.3) is 0 Å². The van der Waals surface area contributed by atoms with Gasteiger partial charge in [-0.3, -0.25) is 0 Å². The Balaban J connectivity index is 1.99. The predicted octanol–water partition coefficient (Wildman–Crippen LogP) is 2.02. The van der Waals surface area contributed by atoms with Crippen molar-refractivity contribution < 1.29 is 9.53 Å². The summed E-state index contributed by atoms with van der Waals surface area (Å²) < 4.78 is 6.94. The van der Waals surface area contributed by atoms with E-state index in [1.165, 1.54) is 11.3 Å². The van der Waals surface area contributed by atoms with Crippen molar-refractivity contribution in [3.8, 4) is 0 Å². The van der Waals surface area contributed by atoms with Crippen LogP contribution in [0.5, 0.6) is 0 Å². The first-order chi connectivity index (χ1) is 9.20. The zero-order valence-electron chi connectivity index (χ0n) is 10.9. The highest BCUT2D eigenvalue weighted by atomic mass is 32.1.